The first-order chi connectivity index (χ1) is 12.2. The minimum absolute atomic E-state index is 0.735. The van der Waals surface area contributed by atoms with Crippen LogP contribution in [0, 0.1) is 0 Å². The molecule has 134 valence electrons. The van der Waals surface area contributed by atoms with Gasteiger partial charge in [0, 0.05) is 42.0 Å². The summed E-state index contributed by atoms with van der Waals surface area (Å²) in [6, 6.07) is 6.15. The van der Waals surface area contributed by atoms with Crippen molar-refractivity contribution >= 4 is 32.3 Å². The molecule has 3 rings (SSSR count). The fourth-order valence-corrected chi connectivity index (χ4v) is 4.31. The number of nitrogens with zero attached hydrogens (tertiary/aromatic N) is 2. The second-order valence-electron chi connectivity index (χ2n) is 5.78. The van der Waals surface area contributed by atoms with E-state index in [1.54, 1.807) is 38.9 Å². The summed E-state index contributed by atoms with van der Waals surface area (Å²) in [5, 5.41) is 2.04. The van der Waals surface area contributed by atoms with E-state index in [0.717, 1.165) is 58.7 Å². The normalized spacial score (nSPS) is 11.6. The van der Waals surface area contributed by atoms with Crippen molar-refractivity contribution in [3.63, 3.8) is 0 Å². The summed E-state index contributed by atoms with van der Waals surface area (Å²) in [6.45, 7) is 5.69. The highest BCUT2D eigenvalue weighted by Crippen LogP contribution is 2.45. The van der Waals surface area contributed by atoms with Gasteiger partial charge in [0.2, 0.25) is 0 Å². The molecule has 0 spiro atoms. The van der Waals surface area contributed by atoms with Gasteiger partial charge in [0.1, 0.15) is 11.3 Å². The first-order valence-electron chi connectivity index (χ1n) is 8.35. The van der Waals surface area contributed by atoms with E-state index >= 15 is 0 Å². The smallest absolute Gasteiger partial charge is 0.154 e. The Morgan fingerprint density at radius 3 is 2.60 bits per heavy atom. The predicted molar refractivity (Wildman–Crippen MR) is 103 cm³/mol. The van der Waals surface area contributed by atoms with Crippen molar-refractivity contribution < 1.29 is 14.2 Å². The Morgan fingerprint density at radius 2 is 1.92 bits per heavy atom. The number of hydrogen-bond acceptors (Lipinski definition) is 6. The molecule has 0 radical (unpaired) electrons. The fraction of sp³-hybridized carbons (Fsp3) is 0.421. The molecule has 25 heavy (non-hydrogen) atoms. The Morgan fingerprint density at radius 1 is 1.12 bits per heavy atom. The predicted octanol–water partition coefficient (Wildman–Crippen LogP) is 3.94. The average Bonchev–Trinajstić information content (AvgIpc) is 3.05. The van der Waals surface area contributed by atoms with Gasteiger partial charge >= 0.3 is 0 Å². The van der Waals surface area contributed by atoms with Gasteiger partial charge in [0.15, 0.2) is 5.75 Å². The number of pyridine rings is 1. The van der Waals surface area contributed by atoms with Crippen LogP contribution in [0.5, 0.6) is 11.5 Å². The molecule has 0 aliphatic rings. The minimum Gasteiger partial charge on any atom is -0.495 e. The van der Waals surface area contributed by atoms with E-state index in [4.69, 9.17) is 14.2 Å². The lowest BCUT2D eigenvalue weighted by atomic mass is 10.1. The number of fused-ring (bicyclic) bond motifs is 2. The second kappa shape index (κ2) is 7.99. The van der Waals surface area contributed by atoms with Crippen molar-refractivity contribution in [2.24, 2.45) is 0 Å². The molecule has 3 aromatic rings. The van der Waals surface area contributed by atoms with Crippen LogP contribution in [0.3, 0.4) is 0 Å². The summed E-state index contributed by atoms with van der Waals surface area (Å²) < 4.78 is 17.8. The van der Waals surface area contributed by atoms with Crippen molar-refractivity contribution in [2.75, 3.05) is 41.0 Å². The quantitative estimate of drug-likeness (QED) is 0.609. The molecule has 0 aliphatic carbocycles. The van der Waals surface area contributed by atoms with E-state index in [-0.39, 0.29) is 0 Å². The summed E-state index contributed by atoms with van der Waals surface area (Å²) in [5.74, 6) is 1.68. The molecule has 0 saturated heterocycles. The third kappa shape index (κ3) is 3.42. The maximum atomic E-state index is 5.73. The number of likely N-dealkylation sites (N-methyl/N-ethyl adjacent to an activating group) is 1. The van der Waals surface area contributed by atoms with E-state index < -0.39 is 0 Å². The molecular formula is C19H24N2O3S. The maximum absolute atomic E-state index is 5.73. The fourth-order valence-electron chi connectivity index (χ4n) is 3.08. The van der Waals surface area contributed by atoms with Gasteiger partial charge in [-0.05, 0) is 24.7 Å². The number of methoxy groups -OCH3 is 3. The summed E-state index contributed by atoms with van der Waals surface area (Å²) in [4.78, 5) is 8.15. The molecule has 0 unspecified atom stereocenters. The van der Waals surface area contributed by atoms with Gasteiger partial charge in [-0.1, -0.05) is 6.92 Å². The molecule has 0 aliphatic heterocycles. The molecule has 1 aromatic carbocycles. The number of aromatic nitrogens is 1. The van der Waals surface area contributed by atoms with Crippen LogP contribution < -0.4 is 9.47 Å². The van der Waals surface area contributed by atoms with Gasteiger partial charge in [0.25, 0.3) is 0 Å². The Hall–Kier alpha value is -1.89. The van der Waals surface area contributed by atoms with Crippen LogP contribution in [-0.2, 0) is 11.3 Å². The van der Waals surface area contributed by atoms with Gasteiger partial charge in [-0.25, -0.2) is 0 Å². The zero-order chi connectivity index (χ0) is 17.8. The topological polar surface area (TPSA) is 43.8 Å². The molecular weight excluding hydrogens is 336 g/mol. The molecule has 0 saturated carbocycles. The molecule has 0 atom stereocenters. The number of ether oxygens (including phenoxy) is 3. The average molecular weight is 360 g/mol. The number of benzene rings is 1. The largest absolute Gasteiger partial charge is 0.495 e. The lowest BCUT2D eigenvalue weighted by Gasteiger charge is -2.18. The monoisotopic (exact) mass is 360 g/mol. The van der Waals surface area contributed by atoms with Crippen LogP contribution in [0.4, 0.5) is 0 Å². The van der Waals surface area contributed by atoms with Gasteiger partial charge in [-0.3, -0.25) is 9.88 Å². The van der Waals surface area contributed by atoms with Crippen LogP contribution in [0.25, 0.3) is 21.0 Å². The lowest BCUT2D eigenvalue weighted by molar-refractivity contribution is 0.148. The minimum atomic E-state index is 0.735. The van der Waals surface area contributed by atoms with Crippen LogP contribution in [0.1, 0.15) is 11.8 Å². The van der Waals surface area contributed by atoms with Crippen molar-refractivity contribution in [3.8, 4) is 11.5 Å². The maximum Gasteiger partial charge on any atom is 0.154 e. The Kier molecular flexibility index (Phi) is 5.73. The SMILES string of the molecule is CCN(CCOC)Cc1cc2c(OC)c3ncccc3c(OC)c2s1. The van der Waals surface area contributed by atoms with Crippen LogP contribution >= 0.6 is 11.3 Å². The first-order valence-corrected chi connectivity index (χ1v) is 9.17. The number of rotatable bonds is 8. The van der Waals surface area contributed by atoms with Gasteiger partial charge in [-0.2, -0.15) is 0 Å². The zero-order valence-electron chi connectivity index (χ0n) is 15.2. The molecule has 0 N–H and O–H groups in total. The highest BCUT2D eigenvalue weighted by molar-refractivity contribution is 7.19. The highest BCUT2D eigenvalue weighted by atomic mass is 32.1. The molecule has 0 bridgehead atoms. The molecule has 5 nitrogen and oxygen atoms in total. The van der Waals surface area contributed by atoms with E-state index in [1.165, 1.54) is 4.88 Å². The standard InChI is InChI=1S/C19H24N2O3S/c1-5-21(9-10-22-2)12-13-11-15-17(23-3)16-14(7-6-8-20-16)18(24-4)19(15)25-13/h6-8,11H,5,9-10,12H2,1-4H3. The van der Waals surface area contributed by atoms with Gasteiger partial charge < -0.3 is 14.2 Å². The zero-order valence-corrected chi connectivity index (χ0v) is 16.0. The Balaban J connectivity index is 2.11. The van der Waals surface area contributed by atoms with Crippen molar-refractivity contribution in [2.45, 2.75) is 13.5 Å². The van der Waals surface area contributed by atoms with Crippen LogP contribution in [0.15, 0.2) is 24.4 Å². The van der Waals surface area contributed by atoms with E-state index in [1.807, 2.05) is 12.1 Å². The van der Waals surface area contributed by atoms with E-state index in [9.17, 15) is 0 Å². The second-order valence-corrected chi connectivity index (χ2v) is 6.92. The summed E-state index contributed by atoms with van der Waals surface area (Å²) in [6.07, 6.45) is 1.78. The van der Waals surface area contributed by atoms with E-state index in [0.29, 0.717) is 0 Å². The third-order valence-corrected chi connectivity index (χ3v) is 5.47. The number of thiophene rings is 1. The lowest BCUT2D eigenvalue weighted by Crippen LogP contribution is -2.26. The Labute approximate surface area is 152 Å². The van der Waals surface area contributed by atoms with Crippen LogP contribution in [-0.4, -0.2) is 50.9 Å². The summed E-state index contributed by atoms with van der Waals surface area (Å²) in [7, 11) is 5.15. The molecule has 0 fully saturated rings. The van der Waals surface area contributed by atoms with Crippen molar-refractivity contribution in [1.82, 2.24) is 9.88 Å². The van der Waals surface area contributed by atoms with Crippen molar-refractivity contribution in [3.05, 3.63) is 29.3 Å². The first kappa shape index (κ1) is 17.9. The van der Waals surface area contributed by atoms with Crippen LogP contribution in [0.2, 0.25) is 0 Å². The van der Waals surface area contributed by atoms with Gasteiger partial charge in [0.05, 0.1) is 25.5 Å². The highest BCUT2D eigenvalue weighted by Gasteiger charge is 2.19. The molecule has 2 aromatic heterocycles. The summed E-state index contributed by atoms with van der Waals surface area (Å²) in [5.41, 5.74) is 0.838. The third-order valence-electron chi connectivity index (χ3n) is 4.35. The van der Waals surface area contributed by atoms with E-state index in [2.05, 4.69) is 22.9 Å². The Bertz CT molecular complexity index is 802. The molecule has 6 heteroatoms. The van der Waals surface area contributed by atoms with Crippen molar-refractivity contribution in [1.29, 1.82) is 0 Å². The molecule has 0 amide bonds. The molecule has 2 heterocycles. The summed E-state index contributed by atoms with van der Waals surface area (Å²) >= 11 is 1.75. The number of hydrogen-bond donors (Lipinski definition) is 0. The van der Waals surface area contributed by atoms with Gasteiger partial charge in [-0.15, -0.1) is 11.3 Å².